The average molecular weight is 375 g/mol. The van der Waals surface area contributed by atoms with E-state index >= 15 is 0 Å². The van der Waals surface area contributed by atoms with E-state index in [9.17, 15) is 4.79 Å². The van der Waals surface area contributed by atoms with Gasteiger partial charge in [-0.1, -0.05) is 6.07 Å². The van der Waals surface area contributed by atoms with Gasteiger partial charge in [-0.05, 0) is 39.8 Å². The molecule has 1 saturated heterocycles. The molecule has 138 valence electrons. The number of carbonyl (C=O) groups is 1. The summed E-state index contributed by atoms with van der Waals surface area (Å²) in [6, 6.07) is 5.21. The third-order valence-corrected chi connectivity index (χ3v) is 5.88. The molecule has 6 nitrogen and oxygen atoms in total. The maximum atomic E-state index is 13.0. The largest absolute Gasteiger partial charge is 0.507 e. The second-order valence-electron chi connectivity index (χ2n) is 7.02. The highest BCUT2D eigenvalue weighted by Crippen LogP contribution is 2.37. The molecule has 0 bridgehead atoms. The Morgan fingerprint density at radius 3 is 2.12 bits per heavy atom. The lowest BCUT2D eigenvalue weighted by Gasteiger charge is -2.32. The highest BCUT2D eigenvalue weighted by atomic mass is 32.1. The number of ketones is 1. The van der Waals surface area contributed by atoms with E-state index in [1.54, 1.807) is 24.4 Å². The summed E-state index contributed by atoms with van der Waals surface area (Å²) in [7, 11) is 2.49. The number of benzene rings is 1. The van der Waals surface area contributed by atoms with Gasteiger partial charge in [-0.3, -0.25) is 4.79 Å². The van der Waals surface area contributed by atoms with Crippen molar-refractivity contribution < 1.29 is 23.6 Å². The minimum Gasteiger partial charge on any atom is -0.496 e. The summed E-state index contributed by atoms with van der Waals surface area (Å²) in [6.45, 7) is 7.94. The van der Waals surface area contributed by atoms with Crippen molar-refractivity contribution in [3.8, 4) is 11.5 Å². The predicted octanol–water partition coefficient (Wildman–Crippen LogP) is 2.69. The zero-order chi connectivity index (χ0) is 19.1. The Balaban J connectivity index is 1.91. The topological polar surface area (TPSA) is 66.9 Å². The van der Waals surface area contributed by atoms with Crippen LogP contribution in [0.5, 0.6) is 11.5 Å². The van der Waals surface area contributed by atoms with Gasteiger partial charge in [0.1, 0.15) is 17.1 Å². The number of carbonyl (C=O) groups excluding carboxylic acids is 1. The number of ether oxygens (including phenoxy) is 2. The lowest BCUT2D eigenvalue weighted by atomic mass is 9.89. The van der Waals surface area contributed by atoms with Crippen LogP contribution in [0.2, 0.25) is 0 Å². The summed E-state index contributed by atoms with van der Waals surface area (Å²) in [4.78, 5) is 17.3. The minimum absolute atomic E-state index is 0.257. The smallest absolute Gasteiger partial charge is 0.496 e. The van der Waals surface area contributed by atoms with Gasteiger partial charge in [0.05, 0.1) is 30.2 Å². The molecule has 0 unspecified atom stereocenters. The normalized spacial score (nSPS) is 18.0. The Labute approximate surface area is 157 Å². The molecule has 26 heavy (non-hydrogen) atoms. The third-order valence-electron chi connectivity index (χ3n) is 4.86. The van der Waals surface area contributed by atoms with E-state index in [1.807, 2.05) is 27.7 Å². The highest BCUT2D eigenvalue weighted by molar-refractivity contribution is 7.23. The van der Waals surface area contributed by atoms with E-state index in [0.29, 0.717) is 22.1 Å². The van der Waals surface area contributed by atoms with Gasteiger partial charge in [0.2, 0.25) is 5.78 Å². The molecule has 1 aliphatic heterocycles. The minimum atomic E-state index is -0.543. The van der Waals surface area contributed by atoms with Crippen LogP contribution in [0.1, 0.15) is 43.1 Å². The maximum absolute atomic E-state index is 13.0. The summed E-state index contributed by atoms with van der Waals surface area (Å²) < 4.78 is 23.4. The summed E-state index contributed by atoms with van der Waals surface area (Å²) in [5.41, 5.74) is -0.539. The quantitative estimate of drug-likeness (QED) is 0.591. The zero-order valence-corrected chi connectivity index (χ0v) is 16.6. The predicted molar refractivity (Wildman–Crippen MR) is 101 cm³/mol. The Morgan fingerprint density at radius 2 is 1.62 bits per heavy atom. The molecular formula is C18H22BNO5S. The Hall–Kier alpha value is -1.90. The molecule has 8 heteroatoms. The molecule has 1 fully saturated rings. The first-order chi connectivity index (χ1) is 12.2. The van der Waals surface area contributed by atoms with E-state index in [0.717, 1.165) is 4.78 Å². The molecule has 0 spiro atoms. The number of hydrogen-bond donors (Lipinski definition) is 0. The number of aromatic nitrogens is 1. The van der Waals surface area contributed by atoms with Gasteiger partial charge >= 0.3 is 7.12 Å². The van der Waals surface area contributed by atoms with Crippen molar-refractivity contribution in [2.45, 2.75) is 38.9 Å². The lowest BCUT2D eigenvalue weighted by Crippen LogP contribution is -2.41. The van der Waals surface area contributed by atoms with Crippen molar-refractivity contribution in [2.24, 2.45) is 0 Å². The van der Waals surface area contributed by atoms with Crippen molar-refractivity contribution in [3.63, 3.8) is 0 Å². The van der Waals surface area contributed by atoms with Gasteiger partial charge in [0.25, 0.3) is 0 Å². The molecule has 3 rings (SSSR count). The number of nitrogens with zero attached hydrogens (tertiary/aromatic N) is 1. The van der Waals surface area contributed by atoms with Gasteiger partial charge in [-0.15, -0.1) is 11.3 Å². The van der Waals surface area contributed by atoms with Crippen molar-refractivity contribution in [1.29, 1.82) is 0 Å². The summed E-state index contributed by atoms with van der Waals surface area (Å²) in [6.07, 6.45) is 1.63. The van der Waals surface area contributed by atoms with Crippen molar-refractivity contribution in [1.82, 2.24) is 4.98 Å². The van der Waals surface area contributed by atoms with Crippen LogP contribution >= 0.6 is 11.3 Å². The third kappa shape index (κ3) is 3.13. The summed E-state index contributed by atoms with van der Waals surface area (Å²) in [5, 5.41) is 0.331. The fourth-order valence-corrected chi connectivity index (χ4v) is 3.46. The molecule has 0 N–H and O–H groups in total. The number of rotatable bonds is 5. The molecule has 0 radical (unpaired) electrons. The van der Waals surface area contributed by atoms with Crippen LogP contribution in [0.4, 0.5) is 0 Å². The van der Waals surface area contributed by atoms with E-state index in [2.05, 4.69) is 4.98 Å². The number of hydrogen-bond acceptors (Lipinski definition) is 7. The second-order valence-corrected chi connectivity index (χ2v) is 8.08. The van der Waals surface area contributed by atoms with Crippen LogP contribution in [0.3, 0.4) is 0 Å². The molecule has 2 heterocycles. The van der Waals surface area contributed by atoms with Crippen LogP contribution in [0.25, 0.3) is 0 Å². The SMILES string of the molecule is COc1cccc(OC)c1C(=O)c1ncc(B2OC(C)(C)C(C)(C)O2)s1. The van der Waals surface area contributed by atoms with Crippen LogP contribution in [-0.2, 0) is 9.31 Å². The molecule has 0 aliphatic carbocycles. The number of thiazole rings is 1. The first-order valence-electron chi connectivity index (χ1n) is 8.27. The zero-order valence-electron chi connectivity index (χ0n) is 15.8. The van der Waals surface area contributed by atoms with E-state index in [1.165, 1.54) is 25.6 Å². The molecule has 0 saturated carbocycles. The van der Waals surface area contributed by atoms with Gasteiger partial charge in [0, 0.05) is 6.20 Å². The Bertz CT molecular complexity index is 794. The molecule has 1 aliphatic rings. The average Bonchev–Trinajstić information content (AvgIpc) is 3.16. The van der Waals surface area contributed by atoms with E-state index in [4.69, 9.17) is 18.8 Å². The highest BCUT2D eigenvalue weighted by Gasteiger charge is 2.52. The van der Waals surface area contributed by atoms with Crippen molar-refractivity contribution in [3.05, 3.63) is 35.0 Å². The lowest BCUT2D eigenvalue weighted by molar-refractivity contribution is 0.00578. The fraction of sp³-hybridized carbons (Fsp3) is 0.444. The van der Waals surface area contributed by atoms with Crippen LogP contribution < -0.4 is 14.3 Å². The van der Waals surface area contributed by atoms with Crippen molar-refractivity contribution in [2.75, 3.05) is 14.2 Å². The van der Waals surface area contributed by atoms with E-state index in [-0.39, 0.29) is 5.78 Å². The summed E-state index contributed by atoms with van der Waals surface area (Å²) in [5.74, 6) is 0.635. The molecule has 1 aromatic carbocycles. The van der Waals surface area contributed by atoms with Crippen LogP contribution in [0, 0.1) is 0 Å². The van der Waals surface area contributed by atoms with Gasteiger partial charge in [0.15, 0.2) is 5.01 Å². The number of methoxy groups -OCH3 is 2. The monoisotopic (exact) mass is 375 g/mol. The Morgan fingerprint density at radius 1 is 1.08 bits per heavy atom. The van der Waals surface area contributed by atoms with Gasteiger partial charge in [-0.2, -0.15) is 0 Å². The standard InChI is InChI=1S/C18H22BNO5S/c1-17(2)18(3,4)25-19(24-17)13-10-20-16(26-13)15(21)14-11(22-5)8-7-9-12(14)23-6/h7-10H,1-6H3. The van der Waals surface area contributed by atoms with Gasteiger partial charge in [-0.25, -0.2) is 4.98 Å². The molecule has 2 aromatic rings. The molecular weight excluding hydrogens is 353 g/mol. The Kier molecular flexibility index (Phi) is 4.85. The molecule has 0 atom stereocenters. The maximum Gasteiger partial charge on any atom is 0.507 e. The fourth-order valence-electron chi connectivity index (χ4n) is 2.64. The van der Waals surface area contributed by atoms with Crippen LogP contribution in [-0.4, -0.2) is 43.3 Å². The first-order valence-corrected chi connectivity index (χ1v) is 9.09. The van der Waals surface area contributed by atoms with Gasteiger partial charge < -0.3 is 18.8 Å². The molecule has 1 aromatic heterocycles. The van der Waals surface area contributed by atoms with Crippen LogP contribution in [0.15, 0.2) is 24.4 Å². The molecule has 0 amide bonds. The summed E-state index contributed by atoms with van der Waals surface area (Å²) >= 11 is 1.25. The second kappa shape index (κ2) is 6.68. The van der Waals surface area contributed by atoms with Crippen molar-refractivity contribution >= 4 is 29.0 Å². The van der Waals surface area contributed by atoms with E-state index < -0.39 is 18.3 Å². The first kappa shape index (κ1) is 18.9.